The summed E-state index contributed by atoms with van der Waals surface area (Å²) in [5, 5.41) is 12.4. The van der Waals surface area contributed by atoms with Crippen LogP contribution in [0.2, 0.25) is 5.02 Å². The molecule has 33 heavy (non-hydrogen) atoms. The number of hydrogen-bond donors (Lipinski definition) is 3. The highest BCUT2D eigenvalue weighted by molar-refractivity contribution is 6.31. The van der Waals surface area contributed by atoms with Gasteiger partial charge in [0.2, 0.25) is 0 Å². The number of hydrogen-bond acceptors (Lipinski definition) is 5. The number of methoxy groups -OCH3 is 1. The molecule has 3 aromatic heterocycles. The van der Waals surface area contributed by atoms with Crippen molar-refractivity contribution in [2.45, 2.75) is 25.6 Å². The van der Waals surface area contributed by atoms with Gasteiger partial charge in [0.05, 0.1) is 28.2 Å². The van der Waals surface area contributed by atoms with E-state index in [-0.39, 0.29) is 6.10 Å². The van der Waals surface area contributed by atoms with Gasteiger partial charge >= 0.3 is 0 Å². The summed E-state index contributed by atoms with van der Waals surface area (Å²) in [5.41, 5.74) is 3.41. The molecule has 0 bridgehead atoms. The van der Waals surface area contributed by atoms with Gasteiger partial charge in [-0.3, -0.25) is 0 Å². The second-order valence-electron chi connectivity index (χ2n) is 7.92. The van der Waals surface area contributed by atoms with E-state index >= 15 is 0 Å². The highest BCUT2D eigenvalue weighted by Gasteiger charge is 2.22. The number of nitrogens with zero attached hydrogens (tertiary/aromatic N) is 2. The monoisotopic (exact) mass is 462 g/mol. The van der Waals surface area contributed by atoms with Gasteiger partial charge in [0.25, 0.3) is 0 Å². The number of aromatic nitrogens is 4. The van der Waals surface area contributed by atoms with Gasteiger partial charge in [-0.05, 0) is 31.2 Å². The Morgan fingerprint density at radius 1 is 1.09 bits per heavy atom. The minimum Gasteiger partial charge on any atom is -0.457 e. The lowest BCUT2D eigenvalue weighted by Crippen LogP contribution is -2.09. The van der Waals surface area contributed by atoms with Crippen LogP contribution in [0.15, 0.2) is 60.9 Å². The molecule has 2 aromatic carbocycles. The van der Waals surface area contributed by atoms with Crippen LogP contribution in [0, 0.1) is 0 Å². The first-order valence-corrected chi connectivity index (χ1v) is 11.0. The minimum atomic E-state index is -0.970. The normalized spacial score (nSPS) is 13.5. The van der Waals surface area contributed by atoms with Crippen molar-refractivity contribution in [3.63, 3.8) is 0 Å². The van der Waals surface area contributed by atoms with E-state index in [0.29, 0.717) is 39.7 Å². The Morgan fingerprint density at radius 2 is 1.91 bits per heavy atom. The largest absolute Gasteiger partial charge is 0.457 e. The summed E-state index contributed by atoms with van der Waals surface area (Å²) < 4.78 is 11.2. The van der Waals surface area contributed by atoms with Gasteiger partial charge in [-0.2, -0.15) is 0 Å². The van der Waals surface area contributed by atoms with Crippen molar-refractivity contribution in [3.05, 3.63) is 82.9 Å². The van der Waals surface area contributed by atoms with Crippen LogP contribution in [0.3, 0.4) is 0 Å². The number of aliphatic hydroxyl groups excluding tert-OH is 1. The molecular weight excluding hydrogens is 440 g/mol. The summed E-state index contributed by atoms with van der Waals surface area (Å²) in [7, 11) is 1.67. The SMILES string of the molecule is COC(C)Cc1nc2c(cnc3[nH]cc(C(O)c4ccc(Oc5ccccc5)cc4Cl)c32)[nH]1. The lowest BCUT2D eigenvalue weighted by molar-refractivity contribution is 0.117. The maximum Gasteiger partial charge on any atom is 0.139 e. The fourth-order valence-electron chi connectivity index (χ4n) is 3.88. The molecule has 5 aromatic rings. The zero-order valence-electron chi connectivity index (χ0n) is 18.2. The molecule has 168 valence electrons. The first-order valence-electron chi connectivity index (χ1n) is 10.6. The number of aliphatic hydroxyl groups is 1. The summed E-state index contributed by atoms with van der Waals surface area (Å²) in [6, 6.07) is 14.7. The number of aromatic amines is 2. The number of nitrogens with one attached hydrogen (secondary N) is 2. The van der Waals surface area contributed by atoms with Crippen molar-refractivity contribution in [1.82, 2.24) is 19.9 Å². The second-order valence-corrected chi connectivity index (χ2v) is 8.33. The Kier molecular flexibility index (Phi) is 5.76. The van der Waals surface area contributed by atoms with E-state index in [4.69, 9.17) is 26.1 Å². The molecule has 0 radical (unpaired) electrons. The van der Waals surface area contributed by atoms with E-state index < -0.39 is 6.10 Å². The number of ether oxygens (including phenoxy) is 2. The van der Waals surface area contributed by atoms with Crippen molar-refractivity contribution >= 4 is 33.7 Å². The number of fused-ring (bicyclic) bond motifs is 3. The lowest BCUT2D eigenvalue weighted by atomic mass is 10.0. The summed E-state index contributed by atoms with van der Waals surface area (Å²) in [4.78, 5) is 15.7. The predicted octanol–water partition coefficient (Wildman–Crippen LogP) is 5.54. The van der Waals surface area contributed by atoms with Gasteiger partial charge in [0.15, 0.2) is 0 Å². The zero-order valence-corrected chi connectivity index (χ0v) is 18.9. The Morgan fingerprint density at radius 3 is 2.67 bits per heavy atom. The molecule has 0 aliphatic carbocycles. The van der Waals surface area contributed by atoms with Gasteiger partial charge in [0.1, 0.15) is 34.6 Å². The van der Waals surface area contributed by atoms with Crippen LogP contribution in [0.1, 0.15) is 30.0 Å². The molecule has 5 rings (SSSR count). The van der Waals surface area contributed by atoms with E-state index in [1.165, 1.54) is 0 Å². The standard InChI is InChI=1S/C25H23ClN4O3/c1-14(32-2)10-21-29-20-13-28-25-22(23(20)30-21)18(12-27-25)24(31)17-9-8-16(11-19(17)26)33-15-6-4-3-5-7-15/h3-9,11-14,24,31H,10H2,1-2H3,(H,27,28)(H,29,30). The highest BCUT2D eigenvalue weighted by Crippen LogP contribution is 2.37. The topological polar surface area (TPSA) is 96.1 Å². The summed E-state index contributed by atoms with van der Waals surface area (Å²) in [5.74, 6) is 2.11. The molecule has 0 spiro atoms. The maximum absolute atomic E-state index is 11.3. The van der Waals surface area contributed by atoms with Gasteiger partial charge in [0, 0.05) is 30.9 Å². The molecule has 3 heterocycles. The summed E-state index contributed by atoms with van der Waals surface area (Å²) in [6.45, 7) is 1.99. The molecule has 2 atom stereocenters. The van der Waals surface area contributed by atoms with Crippen LogP contribution >= 0.6 is 11.6 Å². The molecule has 0 aliphatic rings. The molecule has 0 aliphatic heterocycles. The van der Waals surface area contributed by atoms with E-state index in [1.807, 2.05) is 37.3 Å². The van der Waals surface area contributed by atoms with Crippen molar-refractivity contribution in [3.8, 4) is 11.5 Å². The van der Waals surface area contributed by atoms with Crippen LogP contribution in [0.25, 0.3) is 22.1 Å². The van der Waals surface area contributed by atoms with Gasteiger partial charge < -0.3 is 24.5 Å². The average Bonchev–Trinajstić information content (AvgIpc) is 3.43. The second kappa shape index (κ2) is 8.86. The average molecular weight is 463 g/mol. The number of benzene rings is 2. The Hall–Kier alpha value is -3.39. The minimum absolute atomic E-state index is 0.0284. The van der Waals surface area contributed by atoms with Gasteiger partial charge in [-0.15, -0.1) is 0 Å². The molecule has 0 amide bonds. The summed E-state index contributed by atoms with van der Waals surface area (Å²) in [6.07, 6.45) is 3.19. The Balaban J connectivity index is 1.50. The van der Waals surface area contributed by atoms with Crippen LogP contribution in [0.4, 0.5) is 0 Å². The van der Waals surface area contributed by atoms with E-state index in [2.05, 4.69) is 15.0 Å². The molecule has 0 fully saturated rings. The third-order valence-corrected chi connectivity index (χ3v) is 5.98. The first kappa shape index (κ1) is 21.5. The Bertz CT molecular complexity index is 1410. The van der Waals surface area contributed by atoms with Crippen molar-refractivity contribution in [2.24, 2.45) is 0 Å². The van der Waals surface area contributed by atoms with E-state index in [9.17, 15) is 5.11 Å². The third-order valence-electron chi connectivity index (χ3n) is 5.65. The van der Waals surface area contributed by atoms with Crippen LogP contribution in [-0.2, 0) is 11.2 Å². The highest BCUT2D eigenvalue weighted by atomic mass is 35.5. The molecule has 8 heteroatoms. The van der Waals surface area contributed by atoms with E-state index in [0.717, 1.165) is 22.2 Å². The molecule has 2 unspecified atom stereocenters. The van der Waals surface area contributed by atoms with E-state index in [1.54, 1.807) is 37.7 Å². The molecule has 0 saturated carbocycles. The van der Waals surface area contributed by atoms with Crippen LogP contribution in [-0.4, -0.2) is 38.3 Å². The smallest absolute Gasteiger partial charge is 0.139 e. The number of pyridine rings is 1. The third kappa shape index (κ3) is 4.18. The number of H-pyrrole nitrogens is 2. The number of imidazole rings is 1. The maximum atomic E-state index is 11.3. The fraction of sp³-hybridized carbons (Fsp3) is 0.200. The van der Waals surface area contributed by atoms with Crippen LogP contribution in [0.5, 0.6) is 11.5 Å². The van der Waals surface area contributed by atoms with Crippen LogP contribution < -0.4 is 4.74 Å². The van der Waals surface area contributed by atoms with Gasteiger partial charge in [-0.25, -0.2) is 9.97 Å². The quantitative estimate of drug-likeness (QED) is 0.295. The summed E-state index contributed by atoms with van der Waals surface area (Å²) >= 11 is 6.55. The fourth-order valence-corrected chi connectivity index (χ4v) is 4.16. The Labute approximate surface area is 195 Å². The lowest BCUT2D eigenvalue weighted by Gasteiger charge is -2.14. The number of rotatable bonds is 7. The van der Waals surface area contributed by atoms with Crippen molar-refractivity contribution < 1.29 is 14.6 Å². The molecule has 0 saturated heterocycles. The van der Waals surface area contributed by atoms with Crippen molar-refractivity contribution in [1.29, 1.82) is 0 Å². The number of para-hydroxylation sites is 1. The first-order chi connectivity index (χ1) is 16.0. The zero-order chi connectivity index (χ0) is 22.9. The molecule has 3 N–H and O–H groups in total. The number of halogens is 1. The molecule has 7 nitrogen and oxygen atoms in total. The van der Waals surface area contributed by atoms with Gasteiger partial charge in [-0.1, -0.05) is 35.9 Å². The predicted molar refractivity (Wildman–Crippen MR) is 128 cm³/mol. The molecular formula is C25H23ClN4O3. The van der Waals surface area contributed by atoms with Crippen molar-refractivity contribution in [2.75, 3.05) is 7.11 Å².